The maximum Gasteiger partial charge on any atom is 0.433 e. The number of nitrogens with zero attached hydrogens (tertiary/aromatic N) is 2. The second-order valence-corrected chi connectivity index (χ2v) is 4.88. The van der Waals surface area contributed by atoms with Crippen LogP contribution in [0.2, 0.25) is 0 Å². The molecule has 0 spiro atoms. The van der Waals surface area contributed by atoms with Crippen molar-refractivity contribution in [3.63, 3.8) is 0 Å². The molecule has 1 N–H and O–H groups in total. The Labute approximate surface area is 108 Å². The molecule has 102 valence electrons. The third kappa shape index (κ3) is 4.13. The van der Waals surface area contributed by atoms with Gasteiger partial charge in [0.25, 0.3) is 0 Å². The Hall–Kier alpha value is -0.820. The number of hydrogen-bond donors (Lipinski definition) is 1. The Kier molecular flexibility index (Phi) is 4.98. The van der Waals surface area contributed by atoms with E-state index in [4.69, 9.17) is 0 Å². The number of alkyl halides is 3. The highest BCUT2D eigenvalue weighted by Gasteiger charge is 2.33. The van der Waals surface area contributed by atoms with Crippen LogP contribution < -0.4 is 0 Å². The lowest BCUT2D eigenvalue weighted by atomic mass is 10.0. The lowest BCUT2D eigenvalue weighted by molar-refractivity contribution is -0.141. The zero-order valence-corrected chi connectivity index (χ0v) is 11.0. The van der Waals surface area contributed by atoms with Gasteiger partial charge in [0.05, 0.1) is 5.60 Å². The zero-order chi connectivity index (χ0) is 13.8. The predicted molar refractivity (Wildman–Crippen MR) is 63.3 cm³/mol. The summed E-state index contributed by atoms with van der Waals surface area (Å²) < 4.78 is 37.3. The van der Waals surface area contributed by atoms with Crippen LogP contribution in [0.1, 0.15) is 32.4 Å². The molecule has 0 fully saturated rings. The van der Waals surface area contributed by atoms with Crippen LogP contribution >= 0.6 is 11.8 Å². The van der Waals surface area contributed by atoms with Gasteiger partial charge >= 0.3 is 6.18 Å². The van der Waals surface area contributed by atoms with Gasteiger partial charge in [-0.1, -0.05) is 25.6 Å². The quantitative estimate of drug-likeness (QED) is 0.665. The first-order valence-corrected chi connectivity index (χ1v) is 6.54. The molecule has 3 nitrogen and oxygen atoms in total. The minimum absolute atomic E-state index is 0.0325. The standard InChI is InChI=1S/C11H15F3N2OS/c1-3-10(17,4-2)7-18-9-15-6-5-8(16-9)11(12,13)14/h5-6,17H,3-4,7H2,1-2H3. The minimum atomic E-state index is -4.47. The van der Waals surface area contributed by atoms with E-state index in [1.54, 1.807) is 0 Å². The first kappa shape index (κ1) is 15.2. The van der Waals surface area contributed by atoms with Gasteiger partial charge in [0.2, 0.25) is 0 Å². The molecule has 1 aromatic rings. The zero-order valence-electron chi connectivity index (χ0n) is 10.2. The normalized spacial score (nSPS) is 12.8. The van der Waals surface area contributed by atoms with Crippen LogP contribution in [0.5, 0.6) is 0 Å². The number of hydrogen-bond acceptors (Lipinski definition) is 4. The van der Waals surface area contributed by atoms with Crippen LogP contribution in [0.3, 0.4) is 0 Å². The predicted octanol–water partition coefficient (Wildman–Crippen LogP) is 3.14. The number of rotatable bonds is 5. The van der Waals surface area contributed by atoms with E-state index >= 15 is 0 Å². The molecular weight excluding hydrogens is 265 g/mol. The second-order valence-electron chi connectivity index (χ2n) is 3.94. The Balaban J connectivity index is 2.75. The Morgan fingerprint density at radius 2 is 1.89 bits per heavy atom. The van der Waals surface area contributed by atoms with Crippen LogP contribution in [0.4, 0.5) is 13.2 Å². The first-order chi connectivity index (χ1) is 8.30. The van der Waals surface area contributed by atoms with Crippen LogP contribution in [0.25, 0.3) is 0 Å². The molecule has 1 aromatic heterocycles. The van der Waals surface area contributed by atoms with Crippen molar-refractivity contribution in [2.45, 2.75) is 43.6 Å². The van der Waals surface area contributed by atoms with Crippen molar-refractivity contribution >= 4 is 11.8 Å². The molecule has 18 heavy (non-hydrogen) atoms. The summed E-state index contributed by atoms with van der Waals surface area (Å²) in [6.07, 6.45) is -2.32. The lowest BCUT2D eigenvalue weighted by Crippen LogP contribution is -2.29. The second kappa shape index (κ2) is 5.88. The maximum atomic E-state index is 12.4. The number of aliphatic hydroxyl groups is 1. The van der Waals surface area contributed by atoms with E-state index in [1.807, 2.05) is 13.8 Å². The molecule has 0 atom stereocenters. The van der Waals surface area contributed by atoms with Crippen molar-refractivity contribution in [2.24, 2.45) is 0 Å². The summed E-state index contributed by atoms with van der Waals surface area (Å²) in [7, 11) is 0. The third-order valence-corrected chi connectivity index (χ3v) is 3.85. The van der Waals surface area contributed by atoms with Crippen molar-refractivity contribution in [1.29, 1.82) is 0 Å². The molecule has 0 saturated carbocycles. The Bertz CT molecular complexity index is 394. The SMILES string of the molecule is CCC(O)(CC)CSc1nccc(C(F)(F)F)n1. The van der Waals surface area contributed by atoms with Crippen molar-refractivity contribution in [3.8, 4) is 0 Å². The van der Waals surface area contributed by atoms with E-state index in [1.165, 1.54) is 0 Å². The molecule has 0 aliphatic heterocycles. The van der Waals surface area contributed by atoms with Gasteiger partial charge in [-0.2, -0.15) is 13.2 Å². The largest absolute Gasteiger partial charge is 0.433 e. The molecule has 1 rings (SSSR count). The van der Waals surface area contributed by atoms with E-state index in [-0.39, 0.29) is 10.9 Å². The van der Waals surface area contributed by atoms with Gasteiger partial charge in [0, 0.05) is 11.9 Å². The minimum Gasteiger partial charge on any atom is -0.389 e. The maximum absolute atomic E-state index is 12.4. The van der Waals surface area contributed by atoms with Gasteiger partial charge in [-0.25, -0.2) is 9.97 Å². The summed E-state index contributed by atoms with van der Waals surface area (Å²) in [6.45, 7) is 3.66. The highest BCUT2D eigenvalue weighted by molar-refractivity contribution is 7.99. The molecular formula is C11H15F3N2OS. The highest BCUT2D eigenvalue weighted by Crippen LogP contribution is 2.29. The fourth-order valence-electron chi connectivity index (χ4n) is 1.22. The van der Waals surface area contributed by atoms with Gasteiger partial charge in [0.15, 0.2) is 5.16 Å². The number of thioether (sulfide) groups is 1. The highest BCUT2D eigenvalue weighted by atomic mass is 32.2. The molecule has 0 bridgehead atoms. The first-order valence-electron chi connectivity index (χ1n) is 5.56. The van der Waals surface area contributed by atoms with Gasteiger partial charge < -0.3 is 5.11 Å². The van der Waals surface area contributed by atoms with Gasteiger partial charge in [0.1, 0.15) is 5.69 Å². The van der Waals surface area contributed by atoms with Crippen LogP contribution in [0, 0.1) is 0 Å². The molecule has 1 heterocycles. The van der Waals surface area contributed by atoms with E-state index in [9.17, 15) is 18.3 Å². The van der Waals surface area contributed by atoms with Crippen molar-refractivity contribution < 1.29 is 18.3 Å². The molecule has 0 aliphatic rings. The summed E-state index contributed by atoms with van der Waals surface area (Å²) in [4.78, 5) is 7.20. The van der Waals surface area contributed by atoms with Crippen molar-refractivity contribution in [1.82, 2.24) is 9.97 Å². The van der Waals surface area contributed by atoms with E-state index in [0.717, 1.165) is 24.0 Å². The van der Waals surface area contributed by atoms with Crippen LogP contribution in [0.15, 0.2) is 17.4 Å². The summed E-state index contributed by atoms with van der Waals surface area (Å²) in [6, 6.07) is 0.829. The van der Waals surface area contributed by atoms with Crippen LogP contribution in [-0.2, 0) is 6.18 Å². The molecule has 0 aliphatic carbocycles. The van der Waals surface area contributed by atoms with Crippen LogP contribution in [-0.4, -0.2) is 26.4 Å². The average molecular weight is 280 g/mol. The summed E-state index contributed by atoms with van der Waals surface area (Å²) in [5, 5.41) is 10.1. The smallest absolute Gasteiger partial charge is 0.389 e. The molecule has 7 heteroatoms. The molecule has 0 amide bonds. The molecule has 0 radical (unpaired) electrons. The summed E-state index contributed by atoms with van der Waals surface area (Å²) in [5.41, 5.74) is -1.85. The molecule has 0 unspecified atom stereocenters. The van der Waals surface area contributed by atoms with Gasteiger partial charge in [-0.05, 0) is 18.9 Å². The number of halogens is 3. The number of aromatic nitrogens is 2. The lowest BCUT2D eigenvalue weighted by Gasteiger charge is -2.24. The van der Waals surface area contributed by atoms with Crippen molar-refractivity contribution in [3.05, 3.63) is 18.0 Å². The van der Waals surface area contributed by atoms with Gasteiger partial charge in [-0.15, -0.1) is 0 Å². The molecule has 0 aromatic carbocycles. The summed E-state index contributed by atoms with van der Waals surface area (Å²) in [5.74, 6) is 0.279. The monoisotopic (exact) mass is 280 g/mol. The fraction of sp³-hybridized carbons (Fsp3) is 0.636. The van der Waals surface area contributed by atoms with E-state index < -0.39 is 17.5 Å². The average Bonchev–Trinajstić information content (AvgIpc) is 2.35. The van der Waals surface area contributed by atoms with Gasteiger partial charge in [-0.3, -0.25) is 0 Å². The topological polar surface area (TPSA) is 46.0 Å². The Morgan fingerprint density at radius 3 is 2.39 bits per heavy atom. The Morgan fingerprint density at radius 1 is 1.28 bits per heavy atom. The van der Waals surface area contributed by atoms with E-state index in [2.05, 4.69) is 9.97 Å². The molecule has 0 saturated heterocycles. The van der Waals surface area contributed by atoms with E-state index in [0.29, 0.717) is 12.8 Å². The summed E-state index contributed by atoms with van der Waals surface area (Å²) >= 11 is 1.03. The fourth-order valence-corrected chi connectivity index (χ4v) is 2.33. The van der Waals surface area contributed by atoms with Crippen molar-refractivity contribution in [2.75, 3.05) is 5.75 Å². The third-order valence-electron chi connectivity index (χ3n) is 2.71.